The van der Waals surface area contributed by atoms with E-state index in [1.807, 2.05) is 18.2 Å². The highest BCUT2D eigenvalue weighted by Crippen LogP contribution is 2.49. The van der Waals surface area contributed by atoms with Crippen LogP contribution >= 0.6 is 0 Å². The lowest BCUT2D eigenvalue weighted by atomic mass is 9.82. The van der Waals surface area contributed by atoms with E-state index < -0.39 is 0 Å². The maximum Gasteiger partial charge on any atom is 0.164 e. The van der Waals surface area contributed by atoms with E-state index in [0.29, 0.717) is 17.5 Å². The van der Waals surface area contributed by atoms with Crippen molar-refractivity contribution in [3.63, 3.8) is 0 Å². The van der Waals surface area contributed by atoms with E-state index in [-0.39, 0.29) is 5.41 Å². The van der Waals surface area contributed by atoms with Crippen molar-refractivity contribution in [2.75, 3.05) is 0 Å². The van der Waals surface area contributed by atoms with Crippen LogP contribution in [0.15, 0.2) is 170 Å². The van der Waals surface area contributed by atoms with Crippen molar-refractivity contribution in [1.29, 1.82) is 0 Å². The monoisotopic (exact) mass is 666 g/mol. The van der Waals surface area contributed by atoms with E-state index in [9.17, 15) is 0 Å². The van der Waals surface area contributed by atoms with Crippen LogP contribution in [0.25, 0.3) is 83.9 Å². The van der Waals surface area contributed by atoms with Crippen LogP contribution < -0.4 is 0 Å². The standard InChI is InChI=1S/C48H34N4/c1-48(2)41-22-11-9-20-37(41)38-26-24-35(30-42(38)48)47-50-45(31-14-5-3-6-15-31)49-46(51-47)34-17-13-16-32(28-34)33-25-27-44-40(29-33)39-21-10-12-23-43(39)52(44)36-18-7-4-8-19-36/h3-30H,1-2H3. The lowest BCUT2D eigenvalue weighted by Crippen LogP contribution is -2.15. The van der Waals surface area contributed by atoms with Crippen LogP contribution in [0.4, 0.5) is 0 Å². The van der Waals surface area contributed by atoms with Crippen LogP contribution in [0.1, 0.15) is 25.0 Å². The Kier molecular flexibility index (Phi) is 6.80. The summed E-state index contributed by atoms with van der Waals surface area (Å²) >= 11 is 0. The number of para-hydroxylation sites is 2. The fourth-order valence-electron chi connectivity index (χ4n) is 8.04. The van der Waals surface area contributed by atoms with Gasteiger partial charge >= 0.3 is 0 Å². The molecule has 52 heavy (non-hydrogen) atoms. The number of rotatable bonds is 5. The molecule has 2 heterocycles. The highest BCUT2D eigenvalue weighted by atomic mass is 15.0. The normalized spacial score (nSPS) is 13.0. The summed E-state index contributed by atoms with van der Waals surface area (Å²) in [6.07, 6.45) is 0. The Morgan fingerprint density at radius 1 is 0.385 bits per heavy atom. The maximum atomic E-state index is 5.16. The molecule has 1 aliphatic rings. The zero-order valence-corrected chi connectivity index (χ0v) is 29.0. The van der Waals surface area contributed by atoms with Gasteiger partial charge in [0.05, 0.1) is 11.0 Å². The van der Waals surface area contributed by atoms with Crippen molar-refractivity contribution in [3.8, 4) is 62.1 Å². The smallest absolute Gasteiger partial charge is 0.164 e. The summed E-state index contributed by atoms with van der Waals surface area (Å²) in [6.45, 7) is 4.61. The summed E-state index contributed by atoms with van der Waals surface area (Å²) in [4.78, 5) is 15.3. The Bertz CT molecular complexity index is 2810. The maximum absolute atomic E-state index is 5.16. The summed E-state index contributed by atoms with van der Waals surface area (Å²) in [6, 6.07) is 60.1. The van der Waals surface area contributed by atoms with Crippen molar-refractivity contribution < 1.29 is 0 Å². The number of hydrogen-bond donors (Lipinski definition) is 0. The second-order valence-electron chi connectivity index (χ2n) is 14.1. The molecule has 0 fully saturated rings. The summed E-state index contributed by atoms with van der Waals surface area (Å²) in [5.41, 5.74) is 13.8. The van der Waals surface area contributed by atoms with Crippen molar-refractivity contribution in [2.45, 2.75) is 19.3 Å². The topological polar surface area (TPSA) is 43.6 Å². The second-order valence-corrected chi connectivity index (χ2v) is 14.1. The van der Waals surface area contributed by atoms with Gasteiger partial charge in [-0.2, -0.15) is 0 Å². The predicted octanol–water partition coefficient (Wildman–Crippen LogP) is 11.9. The molecule has 1 aliphatic carbocycles. The first kappa shape index (κ1) is 30.2. The fourth-order valence-corrected chi connectivity index (χ4v) is 8.04. The van der Waals surface area contributed by atoms with E-state index in [4.69, 9.17) is 15.0 Å². The SMILES string of the molecule is CC1(C)c2ccccc2-c2ccc(-c3nc(-c4ccccc4)nc(-c4cccc(-c5ccc6c(c5)c5ccccc5n6-c5ccccc5)c4)n3)cc21. The van der Waals surface area contributed by atoms with Gasteiger partial charge in [-0.15, -0.1) is 0 Å². The number of benzene rings is 7. The van der Waals surface area contributed by atoms with Crippen molar-refractivity contribution in [3.05, 3.63) is 181 Å². The Morgan fingerprint density at radius 2 is 0.942 bits per heavy atom. The zero-order valence-electron chi connectivity index (χ0n) is 29.0. The molecule has 4 heteroatoms. The molecule has 0 spiro atoms. The first-order valence-electron chi connectivity index (χ1n) is 17.8. The van der Waals surface area contributed by atoms with E-state index in [1.54, 1.807) is 0 Å². The molecule has 0 aliphatic heterocycles. The highest BCUT2D eigenvalue weighted by molar-refractivity contribution is 6.10. The van der Waals surface area contributed by atoms with E-state index >= 15 is 0 Å². The van der Waals surface area contributed by atoms with Gasteiger partial charge in [-0.3, -0.25) is 0 Å². The molecule has 0 bridgehead atoms. The highest BCUT2D eigenvalue weighted by Gasteiger charge is 2.35. The molecule has 9 aromatic rings. The minimum atomic E-state index is -0.122. The number of hydrogen-bond acceptors (Lipinski definition) is 3. The molecule has 10 rings (SSSR count). The van der Waals surface area contributed by atoms with Crippen LogP contribution in [0.2, 0.25) is 0 Å². The van der Waals surface area contributed by atoms with Crippen molar-refractivity contribution in [1.82, 2.24) is 19.5 Å². The first-order valence-corrected chi connectivity index (χ1v) is 17.8. The average molecular weight is 667 g/mol. The van der Waals surface area contributed by atoms with Gasteiger partial charge in [0.25, 0.3) is 0 Å². The van der Waals surface area contributed by atoms with Gasteiger partial charge in [0.2, 0.25) is 0 Å². The van der Waals surface area contributed by atoms with Crippen LogP contribution in [-0.4, -0.2) is 19.5 Å². The zero-order chi connectivity index (χ0) is 34.8. The molecular weight excluding hydrogens is 633 g/mol. The third-order valence-electron chi connectivity index (χ3n) is 10.7. The quantitative estimate of drug-likeness (QED) is 0.184. The Hall–Kier alpha value is -6.65. The second kappa shape index (κ2) is 11.7. The molecule has 0 unspecified atom stereocenters. The van der Waals surface area contributed by atoms with Gasteiger partial charge < -0.3 is 4.57 Å². The molecule has 7 aromatic carbocycles. The van der Waals surface area contributed by atoms with Gasteiger partial charge in [0, 0.05) is 38.6 Å². The lowest BCUT2D eigenvalue weighted by Gasteiger charge is -2.21. The average Bonchev–Trinajstić information content (AvgIpc) is 3.66. The van der Waals surface area contributed by atoms with Crippen molar-refractivity contribution >= 4 is 21.8 Å². The molecule has 0 saturated carbocycles. The largest absolute Gasteiger partial charge is 0.309 e. The van der Waals surface area contributed by atoms with Gasteiger partial charge in [0.15, 0.2) is 17.5 Å². The molecule has 0 atom stereocenters. The minimum absolute atomic E-state index is 0.122. The van der Waals surface area contributed by atoms with Crippen molar-refractivity contribution in [2.24, 2.45) is 0 Å². The van der Waals surface area contributed by atoms with Crippen LogP contribution in [0.5, 0.6) is 0 Å². The fraction of sp³-hybridized carbons (Fsp3) is 0.0625. The van der Waals surface area contributed by atoms with E-state index in [1.165, 1.54) is 44.1 Å². The predicted molar refractivity (Wildman–Crippen MR) is 213 cm³/mol. The Morgan fingerprint density at radius 3 is 1.75 bits per heavy atom. The molecule has 4 nitrogen and oxygen atoms in total. The van der Waals surface area contributed by atoms with Crippen LogP contribution in [-0.2, 0) is 5.41 Å². The van der Waals surface area contributed by atoms with Gasteiger partial charge in [-0.25, -0.2) is 15.0 Å². The molecule has 0 amide bonds. The number of fused-ring (bicyclic) bond motifs is 6. The first-order chi connectivity index (χ1) is 25.5. The summed E-state index contributed by atoms with van der Waals surface area (Å²) < 4.78 is 2.35. The molecular formula is C48H34N4. The lowest BCUT2D eigenvalue weighted by molar-refractivity contribution is 0.660. The third kappa shape index (κ3) is 4.79. The molecule has 2 aromatic heterocycles. The Labute approximate surface area is 302 Å². The number of nitrogens with zero attached hydrogens (tertiary/aromatic N) is 4. The molecule has 246 valence electrons. The molecule has 0 saturated heterocycles. The summed E-state index contributed by atoms with van der Waals surface area (Å²) in [5, 5.41) is 2.45. The van der Waals surface area contributed by atoms with Gasteiger partial charge in [-0.05, 0) is 75.8 Å². The minimum Gasteiger partial charge on any atom is -0.309 e. The van der Waals surface area contributed by atoms with Crippen LogP contribution in [0, 0.1) is 0 Å². The van der Waals surface area contributed by atoms with E-state index in [0.717, 1.165) is 33.5 Å². The number of aromatic nitrogens is 4. The molecule has 0 N–H and O–H groups in total. The van der Waals surface area contributed by atoms with Crippen LogP contribution in [0.3, 0.4) is 0 Å². The summed E-state index contributed by atoms with van der Waals surface area (Å²) in [5.74, 6) is 1.97. The third-order valence-corrected chi connectivity index (χ3v) is 10.7. The Balaban J connectivity index is 1.10. The van der Waals surface area contributed by atoms with E-state index in [2.05, 4.69) is 170 Å². The summed E-state index contributed by atoms with van der Waals surface area (Å²) in [7, 11) is 0. The molecule has 0 radical (unpaired) electrons. The van der Waals surface area contributed by atoms with Gasteiger partial charge in [-0.1, -0.05) is 141 Å². The van der Waals surface area contributed by atoms with Gasteiger partial charge in [0.1, 0.15) is 0 Å².